The number of hydrogen-bond donors (Lipinski definition) is 2. The topological polar surface area (TPSA) is 84.5 Å². The van der Waals surface area contributed by atoms with Crippen LogP contribution in [0.4, 0.5) is 5.69 Å². The zero-order chi connectivity index (χ0) is 19.5. The van der Waals surface area contributed by atoms with Crippen molar-refractivity contribution in [2.24, 2.45) is 0 Å². The molecule has 2 N–H and O–H groups in total. The first-order valence-electron chi connectivity index (χ1n) is 8.23. The fraction of sp³-hybridized carbons (Fsp3) is 0.316. The van der Waals surface area contributed by atoms with Gasteiger partial charge in [-0.25, -0.2) is 13.1 Å². The van der Waals surface area contributed by atoms with E-state index in [1.807, 2.05) is 32.0 Å². The number of para-hydroxylation sites is 1. The van der Waals surface area contributed by atoms with Crippen LogP contribution in [0.15, 0.2) is 41.3 Å². The second kappa shape index (κ2) is 7.88. The number of sulfonamides is 1. The van der Waals surface area contributed by atoms with E-state index in [2.05, 4.69) is 10.0 Å². The second-order valence-electron chi connectivity index (χ2n) is 6.36. The molecule has 2 aromatic carbocycles. The molecular formula is C19H24N2O4S. The van der Waals surface area contributed by atoms with E-state index in [-0.39, 0.29) is 28.2 Å². The number of carbonyl (C=O) groups excluding carboxylic acids is 1. The molecule has 0 radical (unpaired) electrons. The van der Waals surface area contributed by atoms with Crippen molar-refractivity contribution in [3.05, 3.63) is 53.1 Å². The number of hydrogen-bond acceptors (Lipinski definition) is 4. The van der Waals surface area contributed by atoms with Crippen LogP contribution in [0.1, 0.15) is 35.3 Å². The lowest BCUT2D eigenvalue weighted by atomic mass is 10.1. The minimum atomic E-state index is -3.80. The van der Waals surface area contributed by atoms with Crippen LogP contribution in [0.5, 0.6) is 5.75 Å². The number of anilines is 1. The monoisotopic (exact) mass is 376 g/mol. The Hall–Kier alpha value is -2.38. The van der Waals surface area contributed by atoms with E-state index in [0.717, 1.165) is 16.8 Å². The Labute approximate surface area is 154 Å². The standard InChI is InChI=1S/C19H24N2O4S/c1-12(2)21-26(23,24)17-11-15(9-10-16(17)25-5)19(22)20-18-13(3)7-6-8-14(18)4/h6-12,21H,1-5H3,(H,20,22). The quantitative estimate of drug-likeness (QED) is 0.810. The fourth-order valence-electron chi connectivity index (χ4n) is 2.60. The summed E-state index contributed by atoms with van der Waals surface area (Å²) in [6.07, 6.45) is 0. The Bertz CT molecular complexity index is 901. The maximum atomic E-state index is 12.7. The van der Waals surface area contributed by atoms with E-state index in [1.165, 1.54) is 25.3 Å². The number of ether oxygens (including phenoxy) is 1. The number of benzene rings is 2. The van der Waals surface area contributed by atoms with Crippen LogP contribution in [0.3, 0.4) is 0 Å². The number of nitrogens with one attached hydrogen (secondary N) is 2. The molecule has 0 aliphatic heterocycles. The molecule has 2 aromatic rings. The Morgan fingerprint density at radius 3 is 2.23 bits per heavy atom. The first-order valence-corrected chi connectivity index (χ1v) is 9.72. The summed E-state index contributed by atoms with van der Waals surface area (Å²) in [5, 5.41) is 2.86. The number of methoxy groups -OCH3 is 1. The second-order valence-corrected chi connectivity index (χ2v) is 8.04. The zero-order valence-corrected chi connectivity index (χ0v) is 16.4. The molecule has 0 saturated heterocycles. The lowest BCUT2D eigenvalue weighted by molar-refractivity contribution is 0.102. The zero-order valence-electron chi connectivity index (χ0n) is 15.6. The summed E-state index contributed by atoms with van der Waals surface area (Å²) in [6.45, 7) is 7.25. The van der Waals surface area contributed by atoms with Gasteiger partial charge in [-0.2, -0.15) is 0 Å². The molecule has 0 bridgehead atoms. The molecule has 0 saturated carbocycles. The van der Waals surface area contributed by atoms with E-state index < -0.39 is 10.0 Å². The van der Waals surface area contributed by atoms with Gasteiger partial charge in [-0.05, 0) is 57.0 Å². The van der Waals surface area contributed by atoms with Crippen LogP contribution < -0.4 is 14.8 Å². The van der Waals surface area contributed by atoms with Gasteiger partial charge in [0.2, 0.25) is 10.0 Å². The third kappa shape index (κ3) is 4.42. The molecule has 140 valence electrons. The molecule has 0 unspecified atom stereocenters. The number of amides is 1. The van der Waals surface area contributed by atoms with Gasteiger partial charge >= 0.3 is 0 Å². The molecular weight excluding hydrogens is 352 g/mol. The predicted molar refractivity (Wildman–Crippen MR) is 102 cm³/mol. The third-order valence-corrected chi connectivity index (χ3v) is 5.51. The van der Waals surface area contributed by atoms with Gasteiger partial charge in [0.15, 0.2) is 0 Å². The van der Waals surface area contributed by atoms with Crippen molar-refractivity contribution in [3.8, 4) is 5.75 Å². The molecule has 1 amide bonds. The molecule has 0 fully saturated rings. The molecule has 26 heavy (non-hydrogen) atoms. The van der Waals surface area contributed by atoms with E-state index in [1.54, 1.807) is 13.8 Å². The normalized spacial score (nSPS) is 11.5. The molecule has 0 heterocycles. The van der Waals surface area contributed by atoms with Crippen molar-refractivity contribution in [2.45, 2.75) is 38.6 Å². The molecule has 0 spiro atoms. The summed E-state index contributed by atoms with van der Waals surface area (Å²) < 4.78 is 32.7. The lowest BCUT2D eigenvalue weighted by Crippen LogP contribution is -2.30. The first-order chi connectivity index (χ1) is 12.2. The van der Waals surface area contributed by atoms with Crippen molar-refractivity contribution in [3.63, 3.8) is 0 Å². The molecule has 7 heteroatoms. The highest BCUT2D eigenvalue weighted by atomic mass is 32.2. The van der Waals surface area contributed by atoms with Gasteiger partial charge in [0, 0.05) is 17.3 Å². The lowest BCUT2D eigenvalue weighted by Gasteiger charge is -2.15. The summed E-state index contributed by atoms with van der Waals surface area (Å²) in [6, 6.07) is 9.78. The maximum Gasteiger partial charge on any atom is 0.255 e. The summed E-state index contributed by atoms with van der Waals surface area (Å²) >= 11 is 0. The van der Waals surface area contributed by atoms with Crippen molar-refractivity contribution < 1.29 is 17.9 Å². The Morgan fingerprint density at radius 1 is 1.08 bits per heavy atom. The summed E-state index contributed by atoms with van der Waals surface area (Å²) in [7, 11) is -2.41. The van der Waals surface area contributed by atoms with Crippen LogP contribution >= 0.6 is 0 Å². The van der Waals surface area contributed by atoms with Gasteiger partial charge in [-0.3, -0.25) is 4.79 Å². The van der Waals surface area contributed by atoms with Crippen molar-refractivity contribution in [2.75, 3.05) is 12.4 Å². The number of rotatable bonds is 6. The smallest absolute Gasteiger partial charge is 0.255 e. The average Bonchev–Trinajstić information content (AvgIpc) is 2.56. The van der Waals surface area contributed by atoms with Gasteiger partial charge in [-0.1, -0.05) is 18.2 Å². The predicted octanol–water partition coefficient (Wildman–Crippen LogP) is 3.25. The average molecular weight is 376 g/mol. The van der Waals surface area contributed by atoms with Crippen LogP contribution in [-0.4, -0.2) is 27.5 Å². The van der Waals surface area contributed by atoms with Crippen LogP contribution in [0.2, 0.25) is 0 Å². The van der Waals surface area contributed by atoms with Crippen LogP contribution in [-0.2, 0) is 10.0 Å². The van der Waals surface area contributed by atoms with Gasteiger partial charge < -0.3 is 10.1 Å². The van der Waals surface area contributed by atoms with Crippen LogP contribution in [0, 0.1) is 13.8 Å². The van der Waals surface area contributed by atoms with Gasteiger partial charge in [0.1, 0.15) is 10.6 Å². The first kappa shape index (κ1) is 19.9. The minimum Gasteiger partial charge on any atom is -0.495 e. The molecule has 0 atom stereocenters. The van der Waals surface area contributed by atoms with Gasteiger partial charge in [-0.15, -0.1) is 0 Å². The molecule has 0 aromatic heterocycles. The largest absolute Gasteiger partial charge is 0.495 e. The highest BCUT2D eigenvalue weighted by Gasteiger charge is 2.22. The third-order valence-electron chi connectivity index (χ3n) is 3.83. The van der Waals surface area contributed by atoms with Gasteiger partial charge in [0.25, 0.3) is 5.91 Å². The van der Waals surface area contributed by atoms with Crippen molar-refractivity contribution in [1.82, 2.24) is 4.72 Å². The highest BCUT2D eigenvalue weighted by Crippen LogP contribution is 2.26. The summed E-state index contributed by atoms with van der Waals surface area (Å²) in [4.78, 5) is 12.6. The fourth-order valence-corrected chi connectivity index (χ4v) is 4.04. The Balaban J connectivity index is 2.42. The Morgan fingerprint density at radius 2 is 1.69 bits per heavy atom. The highest BCUT2D eigenvalue weighted by molar-refractivity contribution is 7.89. The molecule has 2 rings (SSSR count). The number of aryl methyl sites for hydroxylation is 2. The van der Waals surface area contributed by atoms with Gasteiger partial charge in [0.05, 0.1) is 7.11 Å². The minimum absolute atomic E-state index is 0.0668. The molecule has 0 aliphatic carbocycles. The molecule has 6 nitrogen and oxygen atoms in total. The van der Waals surface area contributed by atoms with E-state index in [9.17, 15) is 13.2 Å². The Kier molecular flexibility index (Phi) is 6.05. The van der Waals surface area contributed by atoms with Crippen LogP contribution in [0.25, 0.3) is 0 Å². The molecule has 0 aliphatic rings. The summed E-state index contributed by atoms with van der Waals surface area (Å²) in [5.74, 6) is -0.201. The maximum absolute atomic E-state index is 12.7. The number of carbonyl (C=O) groups is 1. The van der Waals surface area contributed by atoms with Crippen molar-refractivity contribution >= 4 is 21.6 Å². The van der Waals surface area contributed by atoms with Crippen molar-refractivity contribution in [1.29, 1.82) is 0 Å². The van der Waals surface area contributed by atoms with E-state index in [0.29, 0.717) is 0 Å². The SMILES string of the molecule is COc1ccc(C(=O)Nc2c(C)cccc2C)cc1S(=O)(=O)NC(C)C. The van der Waals surface area contributed by atoms with E-state index in [4.69, 9.17) is 4.74 Å². The van der Waals surface area contributed by atoms with E-state index >= 15 is 0 Å². The summed E-state index contributed by atoms with van der Waals surface area (Å²) in [5.41, 5.74) is 2.82.